The van der Waals surface area contributed by atoms with Crippen LogP contribution < -0.4 is 0 Å². The molecule has 2 aromatic rings. The van der Waals surface area contributed by atoms with Gasteiger partial charge in [-0.2, -0.15) is 5.10 Å². The minimum atomic E-state index is -0.127. The molecule has 1 aromatic heterocycles. The molecule has 1 aromatic carbocycles. The van der Waals surface area contributed by atoms with E-state index < -0.39 is 0 Å². The van der Waals surface area contributed by atoms with Crippen molar-refractivity contribution in [2.45, 2.75) is 38.3 Å². The summed E-state index contributed by atoms with van der Waals surface area (Å²) in [6.45, 7) is 1.78. The number of aromatic nitrogens is 2. The van der Waals surface area contributed by atoms with Gasteiger partial charge in [-0.15, -0.1) is 0 Å². The molecule has 0 amide bonds. The van der Waals surface area contributed by atoms with Crippen molar-refractivity contribution in [1.82, 2.24) is 15.1 Å². The molecule has 118 valence electrons. The van der Waals surface area contributed by atoms with Crippen molar-refractivity contribution in [3.8, 4) is 11.3 Å². The SMILES string of the molecule is CN(Cc1cc(-c2ccccc2)n[nH]1)CC1CCCCC1O. The number of nitrogens with one attached hydrogen (secondary N) is 1. The number of aliphatic hydroxyl groups excluding tert-OH is 1. The average molecular weight is 299 g/mol. The lowest BCUT2D eigenvalue weighted by Gasteiger charge is -2.31. The number of hydrogen-bond acceptors (Lipinski definition) is 3. The summed E-state index contributed by atoms with van der Waals surface area (Å²) in [5.41, 5.74) is 3.24. The Hall–Kier alpha value is -1.65. The van der Waals surface area contributed by atoms with Crippen LogP contribution in [0.2, 0.25) is 0 Å². The summed E-state index contributed by atoms with van der Waals surface area (Å²) in [5, 5.41) is 17.6. The number of benzene rings is 1. The van der Waals surface area contributed by atoms with Crippen molar-refractivity contribution in [3.63, 3.8) is 0 Å². The van der Waals surface area contributed by atoms with Crippen LogP contribution in [0.5, 0.6) is 0 Å². The lowest BCUT2D eigenvalue weighted by atomic mass is 9.86. The molecule has 2 N–H and O–H groups in total. The van der Waals surface area contributed by atoms with Crippen molar-refractivity contribution >= 4 is 0 Å². The Morgan fingerprint density at radius 1 is 1.23 bits per heavy atom. The predicted octanol–water partition coefficient (Wildman–Crippen LogP) is 3.06. The first-order chi connectivity index (χ1) is 10.7. The predicted molar refractivity (Wildman–Crippen MR) is 88.3 cm³/mol. The Kier molecular flexibility index (Phi) is 4.90. The van der Waals surface area contributed by atoms with E-state index in [1.54, 1.807) is 0 Å². The molecule has 0 spiro atoms. The number of rotatable bonds is 5. The maximum absolute atomic E-state index is 10.1. The van der Waals surface area contributed by atoms with Crippen LogP contribution >= 0.6 is 0 Å². The first kappa shape index (κ1) is 15.3. The fourth-order valence-electron chi connectivity index (χ4n) is 3.36. The topological polar surface area (TPSA) is 52.2 Å². The van der Waals surface area contributed by atoms with Crippen molar-refractivity contribution in [3.05, 3.63) is 42.1 Å². The number of aliphatic hydroxyl groups is 1. The highest BCUT2D eigenvalue weighted by molar-refractivity contribution is 5.58. The van der Waals surface area contributed by atoms with Crippen LogP contribution in [0.25, 0.3) is 11.3 Å². The lowest BCUT2D eigenvalue weighted by molar-refractivity contribution is 0.0500. The van der Waals surface area contributed by atoms with Crippen LogP contribution in [0.1, 0.15) is 31.4 Å². The Morgan fingerprint density at radius 3 is 2.77 bits per heavy atom. The summed E-state index contributed by atoms with van der Waals surface area (Å²) in [6.07, 6.45) is 4.39. The molecule has 1 heterocycles. The van der Waals surface area contributed by atoms with Gasteiger partial charge in [-0.25, -0.2) is 0 Å². The van der Waals surface area contributed by atoms with Crippen molar-refractivity contribution in [2.75, 3.05) is 13.6 Å². The Labute approximate surface area is 132 Å². The van der Waals surface area contributed by atoms with Crippen LogP contribution in [0.4, 0.5) is 0 Å². The zero-order valence-corrected chi connectivity index (χ0v) is 13.2. The third-order valence-electron chi connectivity index (χ3n) is 4.56. The number of nitrogens with zero attached hydrogens (tertiary/aromatic N) is 2. The number of hydrogen-bond donors (Lipinski definition) is 2. The number of H-pyrrole nitrogens is 1. The van der Waals surface area contributed by atoms with E-state index in [9.17, 15) is 5.11 Å². The quantitative estimate of drug-likeness (QED) is 0.892. The molecule has 2 unspecified atom stereocenters. The molecule has 1 fully saturated rings. The van der Waals surface area contributed by atoms with Gasteiger partial charge < -0.3 is 10.0 Å². The third kappa shape index (κ3) is 3.76. The smallest absolute Gasteiger partial charge is 0.0924 e. The molecular weight excluding hydrogens is 274 g/mol. The van der Waals surface area contributed by atoms with Gasteiger partial charge in [0.15, 0.2) is 0 Å². The van der Waals surface area contributed by atoms with Gasteiger partial charge in [-0.3, -0.25) is 5.10 Å². The van der Waals surface area contributed by atoms with Gasteiger partial charge in [0, 0.05) is 24.3 Å². The molecule has 1 saturated carbocycles. The van der Waals surface area contributed by atoms with E-state index in [0.29, 0.717) is 5.92 Å². The summed E-state index contributed by atoms with van der Waals surface area (Å²) in [7, 11) is 2.12. The monoisotopic (exact) mass is 299 g/mol. The molecule has 0 radical (unpaired) electrons. The van der Waals surface area contributed by atoms with Gasteiger partial charge in [-0.1, -0.05) is 43.2 Å². The van der Waals surface area contributed by atoms with Gasteiger partial charge in [0.25, 0.3) is 0 Å². The molecule has 3 rings (SSSR count). The van der Waals surface area contributed by atoms with Crippen molar-refractivity contribution in [1.29, 1.82) is 0 Å². The maximum atomic E-state index is 10.1. The second-order valence-corrected chi connectivity index (χ2v) is 6.45. The van der Waals surface area contributed by atoms with E-state index in [0.717, 1.165) is 42.9 Å². The molecular formula is C18H25N3O. The highest BCUT2D eigenvalue weighted by Gasteiger charge is 2.24. The van der Waals surface area contributed by atoms with E-state index in [1.807, 2.05) is 18.2 Å². The molecule has 1 aliphatic rings. The van der Waals surface area contributed by atoms with Gasteiger partial charge in [0.2, 0.25) is 0 Å². The fraction of sp³-hybridized carbons (Fsp3) is 0.500. The van der Waals surface area contributed by atoms with Crippen LogP contribution in [0.3, 0.4) is 0 Å². The Bertz CT molecular complexity index is 581. The van der Waals surface area contributed by atoms with Crippen molar-refractivity contribution in [2.24, 2.45) is 5.92 Å². The van der Waals surface area contributed by atoms with Gasteiger partial charge in [0.1, 0.15) is 0 Å². The lowest BCUT2D eigenvalue weighted by Crippen LogP contribution is -2.34. The summed E-state index contributed by atoms with van der Waals surface area (Å²) in [5.74, 6) is 0.412. The largest absolute Gasteiger partial charge is 0.393 e. The molecule has 0 bridgehead atoms. The highest BCUT2D eigenvalue weighted by Crippen LogP contribution is 2.25. The molecule has 4 nitrogen and oxygen atoms in total. The minimum Gasteiger partial charge on any atom is -0.393 e. The molecule has 0 aliphatic heterocycles. The summed E-state index contributed by atoms with van der Waals surface area (Å²) >= 11 is 0. The van der Waals surface area contributed by atoms with E-state index in [2.05, 4.69) is 40.3 Å². The average Bonchev–Trinajstić information content (AvgIpc) is 2.99. The van der Waals surface area contributed by atoms with Crippen molar-refractivity contribution < 1.29 is 5.11 Å². The summed E-state index contributed by atoms with van der Waals surface area (Å²) in [4.78, 5) is 2.28. The molecule has 1 aliphatic carbocycles. The fourth-order valence-corrected chi connectivity index (χ4v) is 3.36. The minimum absolute atomic E-state index is 0.127. The first-order valence-electron chi connectivity index (χ1n) is 8.18. The van der Waals surface area contributed by atoms with Gasteiger partial charge in [0.05, 0.1) is 11.8 Å². The summed E-state index contributed by atoms with van der Waals surface area (Å²) < 4.78 is 0. The molecule has 22 heavy (non-hydrogen) atoms. The Balaban J connectivity index is 1.58. The van der Waals surface area contributed by atoms with Crippen LogP contribution in [-0.2, 0) is 6.54 Å². The molecule has 2 atom stereocenters. The van der Waals surface area contributed by atoms with E-state index in [4.69, 9.17) is 0 Å². The second kappa shape index (κ2) is 7.07. The van der Waals surface area contributed by atoms with Gasteiger partial charge >= 0.3 is 0 Å². The summed E-state index contributed by atoms with van der Waals surface area (Å²) in [6, 6.07) is 12.3. The third-order valence-corrected chi connectivity index (χ3v) is 4.56. The standard InChI is InChI=1S/C18H25N3O/c1-21(12-15-9-5-6-10-18(15)22)13-16-11-17(20-19-16)14-7-3-2-4-8-14/h2-4,7-8,11,15,18,22H,5-6,9-10,12-13H2,1H3,(H,19,20). The normalized spacial score (nSPS) is 22.1. The van der Waals surface area contributed by atoms with E-state index >= 15 is 0 Å². The van der Waals surface area contributed by atoms with Crippen LogP contribution in [0.15, 0.2) is 36.4 Å². The maximum Gasteiger partial charge on any atom is 0.0924 e. The first-order valence-corrected chi connectivity index (χ1v) is 8.18. The van der Waals surface area contributed by atoms with E-state index in [1.165, 1.54) is 12.8 Å². The van der Waals surface area contributed by atoms with Gasteiger partial charge in [-0.05, 0) is 31.9 Å². The van der Waals surface area contributed by atoms with Crippen LogP contribution in [-0.4, -0.2) is 39.9 Å². The molecule has 0 saturated heterocycles. The zero-order valence-electron chi connectivity index (χ0n) is 13.2. The second-order valence-electron chi connectivity index (χ2n) is 6.45. The number of aromatic amines is 1. The molecule has 4 heteroatoms. The van der Waals surface area contributed by atoms with E-state index in [-0.39, 0.29) is 6.10 Å². The van der Waals surface area contributed by atoms with Crippen LogP contribution in [0, 0.1) is 5.92 Å². The Morgan fingerprint density at radius 2 is 2.00 bits per heavy atom. The zero-order chi connectivity index (χ0) is 15.4. The highest BCUT2D eigenvalue weighted by atomic mass is 16.3.